The van der Waals surface area contributed by atoms with Gasteiger partial charge in [-0.2, -0.15) is 13.5 Å². The second kappa shape index (κ2) is 10.4. The van der Waals surface area contributed by atoms with E-state index in [1.807, 2.05) is 20.9 Å². The third-order valence-corrected chi connectivity index (χ3v) is 8.73. The first-order chi connectivity index (χ1) is 16.2. The van der Waals surface area contributed by atoms with E-state index in [1.165, 1.54) is 26.6 Å². The molecule has 11 heteroatoms. The minimum Gasteiger partial charge on any atom is -1.00 e. The van der Waals surface area contributed by atoms with Crippen molar-refractivity contribution in [3.05, 3.63) is 40.7 Å². The molecule has 2 heterocycles. The summed E-state index contributed by atoms with van der Waals surface area (Å²) < 4.78 is 32.5. The zero-order chi connectivity index (χ0) is 24.0. The summed E-state index contributed by atoms with van der Waals surface area (Å²) in [5.74, 6) is 0. The smallest absolute Gasteiger partial charge is 1.00 e. The fourth-order valence-electron chi connectivity index (χ4n) is 5.65. The predicted molar refractivity (Wildman–Crippen MR) is 134 cm³/mol. The van der Waals surface area contributed by atoms with E-state index in [2.05, 4.69) is 26.1 Å². The van der Waals surface area contributed by atoms with Crippen LogP contribution in [0, 0.1) is 0 Å². The zero-order valence-electron chi connectivity index (χ0n) is 22.2. The molecule has 1 fully saturated rings. The van der Waals surface area contributed by atoms with Crippen LogP contribution in [-0.4, -0.2) is 55.3 Å². The van der Waals surface area contributed by atoms with Crippen molar-refractivity contribution in [2.24, 2.45) is 0 Å². The summed E-state index contributed by atoms with van der Waals surface area (Å²) in [6.45, 7) is 5.36. The number of likely N-dealkylation sites (tertiary alicyclic amines) is 1. The average molecular weight is 511 g/mol. The molecule has 2 aromatic rings. The molecule has 1 aromatic carbocycles. The zero-order valence-corrected chi connectivity index (χ0v) is 24.0. The Kier molecular flexibility index (Phi) is 7.88. The number of carbonyl (C=O) groups is 1. The molecule has 0 radical (unpaired) electrons. The molecule has 5 rings (SSSR count). The molecule has 1 atom stereocenters. The molecule has 0 bridgehead atoms. The van der Waals surface area contributed by atoms with Crippen LogP contribution in [0.1, 0.15) is 62.8 Å². The van der Waals surface area contributed by atoms with Crippen molar-refractivity contribution in [2.45, 2.75) is 70.9 Å². The summed E-state index contributed by atoms with van der Waals surface area (Å²) in [5, 5.41) is 7.28. The predicted octanol–water partition coefficient (Wildman–Crippen LogP) is 0.135. The van der Waals surface area contributed by atoms with Crippen LogP contribution in [0.5, 0.6) is 0 Å². The van der Waals surface area contributed by atoms with E-state index in [9.17, 15) is 13.2 Å². The number of nitrogens with zero attached hydrogens (tertiary/aromatic N) is 4. The quantitative estimate of drug-likeness (QED) is 0.539. The van der Waals surface area contributed by atoms with Gasteiger partial charge in [-0.05, 0) is 94.6 Å². The van der Waals surface area contributed by atoms with Crippen molar-refractivity contribution >= 4 is 27.6 Å². The number of nitrogens with one attached hydrogen (secondary N) is 2. The summed E-state index contributed by atoms with van der Waals surface area (Å²) in [6, 6.07) is 1.41. The first-order valence-electron chi connectivity index (χ1n) is 12.3. The van der Waals surface area contributed by atoms with Crippen molar-refractivity contribution in [1.29, 1.82) is 0 Å². The number of aromatic nitrogens is 2. The normalized spacial score (nSPS) is 19.4. The van der Waals surface area contributed by atoms with Gasteiger partial charge in [0.1, 0.15) is 0 Å². The molecule has 1 aliphatic heterocycles. The summed E-state index contributed by atoms with van der Waals surface area (Å²) in [6.07, 6.45) is 9.97. The second-order valence-corrected chi connectivity index (χ2v) is 11.6. The van der Waals surface area contributed by atoms with Gasteiger partial charge >= 0.3 is 45.8 Å². The largest absolute Gasteiger partial charge is 1.00 e. The molecule has 2 amide bonds. The fraction of sp³-hybridized carbons (Fsp3) is 0.583. The topological polar surface area (TPSA) is 99.6 Å². The Labute approximate surface area is 231 Å². The SMILES string of the molecule is CC(C)n1cc(N(C2CCN(C)C2)S(=O)(=O)NC(=O)Nc2c3c(cc4c2CCC4)CCC3)cn1.[H-].[Na+]. The van der Waals surface area contributed by atoms with Crippen molar-refractivity contribution in [2.75, 3.05) is 29.8 Å². The maximum Gasteiger partial charge on any atom is 1.00 e. The van der Waals surface area contributed by atoms with Gasteiger partial charge in [-0.15, -0.1) is 0 Å². The summed E-state index contributed by atoms with van der Waals surface area (Å²) in [4.78, 5) is 15.2. The van der Waals surface area contributed by atoms with Crippen LogP contribution in [-0.2, 0) is 35.9 Å². The van der Waals surface area contributed by atoms with Crippen LogP contribution < -0.4 is 43.9 Å². The number of hydrogen-bond donors (Lipinski definition) is 2. The first-order valence-corrected chi connectivity index (χ1v) is 13.7. The molecular formula is C24H35N6NaO3S. The van der Waals surface area contributed by atoms with Gasteiger partial charge in [0.05, 0.1) is 17.9 Å². The Hall–Kier alpha value is -1.59. The Bertz CT molecular complexity index is 1190. The van der Waals surface area contributed by atoms with E-state index in [0.29, 0.717) is 18.7 Å². The van der Waals surface area contributed by atoms with Crippen LogP contribution in [0.3, 0.4) is 0 Å². The number of fused-ring (bicyclic) bond motifs is 2. The van der Waals surface area contributed by atoms with E-state index in [1.54, 1.807) is 17.1 Å². The molecule has 1 aromatic heterocycles. The number of amides is 2. The summed E-state index contributed by atoms with van der Waals surface area (Å²) in [7, 11) is -2.18. The molecule has 3 aliphatic rings. The number of urea groups is 1. The van der Waals surface area contributed by atoms with Crippen LogP contribution >= 0.6 is 0 Å². The molecule has 2 aliphatic carbocycles. The van der Waals surface area contributed by atoms with Crippen molar-refractivity contribution < 1.29 is 44.2 Å². The third kappa shape index (κ3) is 5.27. The Morgan fingerprint density at radius 1 is 1.17 bits per heavy atom. The van der Waals surface area contributed by atoms with Crippen LogP contribution in [0.15, 0.2) is 18.5 Å². The van der Waals surface area contributed by atoms with Gasteiger partial charge in [0.2, 0.25) is 0 Å². The van der Waals surface area contributed by atoms with Crippen LogP contribution in [0.4, 0.5) is 16.2 Å². The number of rotatable bonds is 6. The minimum atomic E-state index is -4.15. The Morgan fingerprint density at radius 2 is 1.83 bits per heavy atom. The third-order valence-electron chi connectivity index (χ3n) is 7.26. The number of anilines is 2. The molecule has 0 saturated carbocycles. The number of hydrogen-bond acceptors (Lipinski definition) is 5. The summed E-state index contributed by atoms with van der Waals surface area (Å²) >= 11 is 0. The molecule has 35 heavy (non-hydrogen) atoms. The standard InChI is InChI=1S/C24H34N6O3S.Na.H/c1-16(2)29-15-20(13-25-29)30(19-10-11-28(3)14-19)34(32,33)27-24(31)26-23-21-8-4-6-17(21)12-18-7-5-9-22(18)23;;/h12-13,15-16,19H,4-11,14H2,1-3H3,(H2,26,27,31);;/q;+1;-1. The number of benzene rings is 1. The van der Waals surface area contributed by atoms with Crippen LogP contribution in [0.25, 0.3) is 0 Å². The number of aryl methyl sites for hydroxylation is 2. The Balaban J connectivity index is 0.00000180. The van der Waals surface area contributed by atoms with Gasteiger partial charge in [0.15, 0.2) is 0 Å². The Morgan fingerprint density at radius 3 is 2.37 bits per heavy atom. The fourth-order valence-corrected chi connectivity index (χ4v) is 6.97. The average Bonchev–Trinajstić information content (AvgIpc) is 3.54. The van der Waals surface area contributed by atoms with Crippen molar-refractivity contribution in [1.82, 2.24) is 19.4 Å². The van der Waals surface area contributed by atoms with E-state index in [-0.39, 0.29) is 43.1 Å². The van der Waals surface area contributed by atoms with Gasteiger partial charge in [0.25, 0.3) is 0 Å². The van der Waals surface area contributed by atoms with E-state index >= 15 is 0 Å². The molecule has 1 saturated heterocycles. The van der Waals surface area contributed by atoms with Gasteiger partial charge < -0.3 is 11.6 Å². The maximum atomic E-state index is 13.6. The monoisotopic (exact) mass is 510 g/mol. The minimum absolute atomic E-state index is 0. The summed E-state index contributed by atoms with van der Waals surface area (Å²) in [5.41, 5.74) is 6.21. The van der Waals surface area contributed by atoms with Gasteiger partial charge in [-0.25, -0.2) is 13.8 Å². The van der Waals surface area contributed by atoms with Crippen molar-refractivity contribution in [3.8, 4) is 0 Å². The van der Waals surface area contributed by atoms with Gasteiger partial charge in [-0.1, -0.05) is 6.07 Å². The molecule has 1 unspecified atom stereocenters. The molecule has 2 N–H and O–H groups in total. The molecular weight excluding hydrogens is 475 g/mol. The maximum absolute atomic E-state index is 13.6. The first kappa shape index (κ1) is 26.5. The second-order valence-electron chi connectivity index (χ2n) is 10.1. The molecule has 9 nitrogen and oxygen atoms in total. The number of likely N-dealkylation sites (N-methyl/N-ethyl adjacent to an activating group) is 1. The van der Waals surface area contributed by atoms with Crippen LogP contribution in [0.2, 0.25) is 0 Å². The van der Waals surface area contributed by atoms with E-state index < -0.39 is 16.2 Å². The molecule has 0 spiro atoms. The van der Waals surface area contributed by atoms with Gasteiger partial charge in [-0.3, -0.25) is 4.68 Å². The van der Waals surface area contributed by atoms with E-state index in [4.69, 9.17) is 0 Å². The van der Waals surface area contributed by atoms with E-state index in [0.717, 1.165) is 50.8 Å². The molecule has 186 valence electrons. The van der Waals surface area contributed by atoms with Gasteiger partial charge in [0, 0.05) is 24.5 Å². The van der Waals surface area contributed by atoms with Crippen molar-refractivity contribution in [3.63, 3.8) is 0 Å². The number of carbonyl (C=O) groups excluding carboxylic acids is 1.